The average Bonchev–Trinajstić information content (AvgIpc) is 3.34. The summed E-state index contributed by atoms with van der Waals surface area (Å²) in [6, 6.07) is 12.2. The van der Waals surface area contributed by atoms with Crippen LogP contribution in [0.15, 0.2) is 54.3 Å². The van der Waals surface area contributed by atoms with Gasteiger partial charge in [0.05, 0.1) is 30.1 Å². The molecule has 0 aliphatic carbocycles. The lowest BCUT2D eigenvalue weighted by Crippen LogP contribution is -2.48. The number of hydrogen-bond donors (Lipinski definition) is 2. The molecule has 10 heteroatoms. The van der Waals surface area contributed by atoms with E-state index in [0.717, 1.165) is 17.7 Å². The van der Waals surface area contributed by atoms with Crippen molar-refractivity contribution in [1.82, 2.24) is 10.2 Å². The van der Waals surface area contributed by atoms with Gasteiger partial charge in [-0.05, 0) is 69.5 Å². The first-order valence-corrected chi connectivity index (χ1v) is 12.3. The summed E-state index contributed by atoms with van der Waals surface area (Å²) in [6.07, 6.45) is 2.73. The normalized spacial score (nSPS) is 17.5. The van der Waals surface area contributed by atoms with Crippen molar-refractivity contribution >= 4 is 35.4 Å². The van der Waals surface area contributed by atoms with Gasteiger partial charge in [-0.2, -0.15) is 5.26 Å². The fourth-order valence-corrected chi connectivity index (χ4v) is 4.68. The van der Waals surface area contributed by atoms with E-state index < -0.39 is 17.1 Å². The maximum Gasteiger partial charge on any atom is 0.251 e. The average molecular weight is 539 g/mol. The highest BCUT2D eigenvalue weighted by Crippen LogP contribution is 2.43. The van der Waals surface area contributed by atoms with Gasteiger partial charge in [0.25, 0.3) is 5.91 Å². The van der Waals surface area contributed by atoms with E-state index in [1.54, 1.807) is 36.9 Å². The number of benzene rings is 2. The Hall–Kier alpha value is -4.03. The van der Waals surface area contributed by atoms with Crippen LogP contribution < -0.4 is 10.1 Å². The lowest BCUT2D eigenvalue weighted by molar-refractivity contribution is -0.134. The molecule has 0 saturated carbocycles. The van der Waals surface area contributed by atoms with Crippen LogP contribution >= 0.6 is 11.6 Å². The van der Waals surface area contributed by atoms with Crippen molar-refractivity contribution in [1.29, 1.82) is 10.7 Å². The van der Waals surface area contributed by atoms with Gasteiger partial charge in [-0.1, -0.05) is 23.7 Å². The summed E-state index contributed by atoms with van der Waals surface area (Å²) in [7, 11) is 0. The summed E-state index contributed by atoms with van der Waals surface area (Å²) in [6.45, 7) is 4.63. The minimum atomic E-state index is -0.893. The monoisotopic (exact) mass is 538 g/mol. The molecule has 3 rings (SSSR count). The Morgan fingerprint density at radius 1 is 1.29 bits per heavy atom. The third kappa shape index (κ3) is 6.64. The zero-order chi connectivity index (χ0) is 28.0. The second kappa shape index (κ2) is 12.0. The van der Waals surface area contributed by atoms with Gasteiger partial charge in [0.2, 0.25) is 5.91 Å². The van der Waals surface area contributed by atoms with Crippen molar-refractivity contribution in [3.8, 4) is 11.8 Å². The van der Waals surface area contributed by atoms with E-state index in [0.29, 0.717) is 24.2 Å². The number of nitrogens with one attached hydrogen (secondary N) is 2. The summed E-state index contributed by atoms with van der Waals surface area (Å²) in [5.74, 6) is -2.50. The molecule has 2 atom stereocenters. The van der Waals surface area contributed by atoms with Crippen LogP contribution in [0, 0.1) is 28.0 Å². The fraction of sp³-hybridized carbons (Fsp3) is 0.321. The quantitative estimate of drug-likeness (QED) is 0.201. The smallest absolute Gasteiger partial charge is 0.251 e. The van der Waals surface area contributed by atoms with Crippen LogP contribution in [0.4, 0.5) is 4.39 Å². The second-order valence-electron chi connectivity index (χ2n) is 9.58. The number of carbonyl (C=O) groups excluding carboxylic acids is 3. The zero-order valence-electron chi connectivity index (χ0n) is 21.3. The number of nitriles is 1. The number of rotatable bonds is 9. The Morgan fingerprint density at radius 3 is 2.63 bits per heavy atom. The number of ether oxygens (including phenoxy) is 1. The number of carbonyl (C=O) groups is 3. The molecular formula is C28H28ClFN4O4. The first-order valence-electron chi connectivity index (χ1n) is 11.9. The SMILES string of the molecule is CC(=N)/C=C(\C=O)Oc1ccc(C(=O)NCC(=O)N2C(c3cccc(Cl)c3)CCC2C(C)(C)C#N)cc1F. The number of allylic oxidation sites excluding steroid dienone is 2. The number of aldehydes is 1. The summed E-state index contributed by atoms with van der Waals surface area (Å²) < 4.78 is 19.7. The molecule has 1 aliphatic rings. The Kier molecular flexibility index (Phi) is 9.02. The van der Waals surface area contributed by atoms with Crippen molar-refractivity contribution in [2.75, 3.05) is 6.54 Å². The molecule has 0 radical (unpaired) electrons. The van der Waals surface area contributed by atoms with Crippen molar-refractivity contribution in [3.63, 3.8) is 0 Å². The Bertz CT molecular complexity index is 1330. The molecule has 2 aromatic rings. The summed E-state index contributed by atoms with van der Waals surface area (Å²) >= 11 is 6.17. The molecule has 2 amide bonds. The van der Waals surface area contributed by atoms with Crippen molar-refractivity contribution < 1.29 is 23.5 Å². The van der Waals surface area contributed by atoms with Gasteiger partial charge in [0.15, 0.2) is 23.6 Å². The third-order valence-corrected chi connectivity index (χ3v) is 6.56. The van der Waals surface area contributed by atoms with E-state index in [9.17, 15) is 24.0 Å². The number of amides is 2. The largest absolute Gasteiger partial charge is 0.451 e. The van der Waals surface area contributed by atoms with Gasteiger partial charge >= 0.3 is 0 Å². The minimum Gasteiger partial charge on any atom is -0.451 e. The molecule has 1 heterocycles. The molecule has 1 fully saturated rings. The highest BCUT2D eigenvalue weighted by Gasteiger charge is 2.45. The van der Waals surface area contributed by atoms with Gasteiger partial charge in [-0.3, -0.25) is 14.4 Å². The predicted octanol–water partition coefficient (Wildman–Crippen LogP) is 4.99. The third-order valence-electron chi connectivity index (χ3n) is 6.32. The molecule has 2 N–H and O–H groups in total. The highest BCUT2D eigenvalue weighted by molar-refractivity contribution is 6.30. The molecule has 8 nitrogen and oxygen atoms in total. The Balaban J connectivity index is 1.76. The molecule has 2 unspecified atom stereocenters. The van der Waals surface area contributed by atoms with Gasteiger partial charge in [0.1, 0.15) is 0 Å². The fourth-order valence-electron chi connectivity index (χ4n) is 4.48. The van der Waals surface area contributed by atoms with E-state index in [4.69, 9.17) is 21.7 Å². The first kappa shape index (κ1) is 28.5. The molecule has 0 spiro atoms. The second-order valence-corrected chi connectivity index (χ2v) is 10.0. The molecule has 0 bridgehead atoms. The zero-order valence-corrected chi connectivity index (χ0v) is 22.0. The Morgan fingerprint density at radius 2 is 2.03 bits per heavy atom. The van der Waals surface area contributed by atoms with E-state index in [1.807, 2.05) is 6.07 Å². The molecule has 38 heavy (non-hydrogen) atoms. The minimum absolute atomic E-state index is 0.0455. The van der Waals surface area contributed by atoms with Gasteiger partial charge in [0, 0.05) is 22.4 Å². The molecule has 0 aromatic heterocycles. The number of nitrogens with zero attached hydrogens (tertiary/aromatic N) is 2. The van der Waals surface area contributed by atoms with Crippen LogP contribution in [0.25, 0.3) is 0 Å². The highest BCUT2D eigenvalue weighted by atomic mass is 35.5. The van der Waals surface area contributed by atoms with Gasteiger partial charge in [-0.25, -0.2) is 4.39 Å². The molecular weight excluding hydrogens is 511 g/mol. The van der Waals surface area contributed by atoms with Crippen LogP contribution in [0.1, 0.15) is 55.6 Å². The lowest BCUT2D eigenvalue weighted by Gasteiger charge is -2.36. The van der Waals surface area contributed by atoms with Crippen molar-refractivity contribution in [2.24, 2.45) is 5.41 Å². The standard InChI is InChI=1S/C28H28ClFN4O4/c1-17(32)11-21(15-35)38-24-9-7-19(13-22(24)30)27(37)33-14-26(36)34-23(18-5-4-6-20(29)12-18)8-10-25(34)28(2,3)16-31/h4-7,9,11-13,15,23,25,32H,8,10,14H2,1-3H3,(H,33,37)/b21-11+,32-17?. The molecule has 2 aromatic carbocycles. The molecule has 1 saturated heterocycles. The van der Waals surface area contributed by atoms with Crippen LogP contribution in [0.3, 0.4) is 0 Å². The van der Waals surface area contributed by atoms with E-state index in [2.05, 4.69) is 11.4 Å². The summed E-state index contributed by atoms with van der Waals surface area (Å²) in [4.78, 5) is 38.9. The van der Waals surface area contributed by atoms with Gasteiger partial charge < -0.3 is 20.4 Å². The summed E-state index contributed by atoms with van der Waals surface area (Å²) in [5, 5.41) is 20.2. The maximum absolute atomic E-state index is 14.6. The van der Waals surface area contributed by atoms with Gasteiger partial charge in [-0.15, -0.1) is 0 Å². The van der Waals surface area contributed by atoms with Crippen LogP contribution in [0.2, 0.25) is 5.02 Å². The van der Waals surface area contributed by atoms with E-state index in [1.165, 1.54) is 19.1 Å². The van der Waals surface area contributed by atoms with Crippen LogP contribution in [-0.2, 0) is 9.59 Å². The maximum atomic E-state index is 14.6. The van der Waals surface area contributed by atoms with Crippen molar-refractivity contribution in [2.45, 2.75) is 45.7 Å². The van der Waals surface area contributed by atoms with Crippen LogP contribution in [0.5, 0.6) is 5.75 Å². The van der Waals surface area contributed by atoms with E-state index in [-0.39, 0.29) is 47.3 Å². The van der Waals surface area contributed by atoms with Crippen molar-refractivity contribution in [3.05, 3.63) is 76.3 Å². The topological polar surface area (TPSA) is 123 Å². The summed E-state index contributed by atoms with van der Waals surface area (Å²) in [5.41, 5.74) is 0.0123. The van der Waals surface area contributed by atoms with Crippen LogP contribution in [-0.4, -0.2) is 41.3 Å². The first-order chi connectivity index (χ1) is 18.0. The number of halogens is 2. The lowest BCUT2D eigenvalue weighted by atomic mass is 9.84. The Labute approximate surface area is 225 Å². The number of hydrogen-bond acceptors (Lipinski definition) is 6. The molecule has 1 aliphatic heterocycles. The number of likely N-dealkylation sites (tertiary alicyclic amines) is 1. The molecule has 198 valence electrons. The predicted molar refractivity (Wildman–Crippen MR) is 140 cm³/mol. The van der Waals surface area contributed by atoms with E-state index >= 15 is 0 Å².